The Bertz CT molecular complexity index is 1040. The molecule has 0 saturated carbocycles. The van der Waals surface area contributed by atoms with E-state index in [0.717, 1.165) is 0 Å². The summed E-state index contributed by atoms with van der Waals surface area (Å²) < 4.78 is 17.9. The van der Waals surface area contributed by atoms with Crippen molar-refractivity contribution in [3.8, 4) is 0 Å². The number of aromatic nitrogens is 1. The standard InChI is InChI=1S/C20H15ClFN3O3/c1-28-20(27)12-3-2-4-14(7-12)24-16-8-13(10-23-11-16)19(26)25-15-5-6-18(22)17(21)9-15/h2-11,24H,1H3,(H,25,26). The lowest BCUT2D eigenvalue weighted by Crippen LogP contribution is -2.12. The molecule has 8 heteroatoms. The van der Waals surface area contributed by atoms with Gasteiger partial charge in [0.25, 0.3) is 5.91 Å². The van der Waals surface area contributed by atoms with Gasteiger partial charge in [-0.2, -0.15) is 0 Å². The minimum absolute atomic E-state index is 0.0863. The fourth-order valence-corrected chi connectivity index (χ4v) is 2.60. The molecule has 1 amide bonds. The van der Waals surface area contributed by atoms with E-state index in [1.54, 1.807) is 30.3 Å². The van der Waals surface area contributed by atoms with E-state index in [-0.39, 0.29) is 10.6 Å². The Hall–Kier alpha value is -3.45. The van der Waals surface area contributed by atoms with Crippen LogP contribution in [0.3, 0.4) is 0 Å². The first-order valence-corrected chi connectivity index (χ1v) is 8.51. The van der Waals surface area contributed by atoms with Crippen LogP contribution >= 0.6 is 11.6 Å². The Kier molecular flexibility index (Phi) is 5.86. The molecule has 1 aromatic heterocycles. The van der Waals surface area contributed by atoms with Gasteiger partial charge < -0.3 is 15.4 Å². The molecule has 2 aromatic carbocycles. The van der Waals surface area contributed by atoms with Crippen molar-refractivity contribution in [2.75, 3.05) is 17.7 Å². The maximum absolute atomic E-state index is 13.2. The zero-order valence-corrected chi connectivity index (χ0v) is 15.5. The molecule has 3 aromatic rings. The van der Waals surface area contributed by atoms with Gasteiger partial charge in [0.1, 0.15) is 5.82 Å². The van der Waals surface area contributed by atoms with Crippen LogP contribution in [0.25, 0.3) is 0 Å². The van der Waals surface area contributed by atoms with Crippen molar-refractivity contribution in [1.82, 2.24) is 4.98 Å². The van der Waals surface area contributed by atoms with E-state index in [9.17, 15) is 14.0 Å². The lowest BCUT2D eigenvalue weighted by Gasteiger charge is -2.10. The molecule has 0 radical (unpaired) electrons. The number of hydrogen-bond donors (Lipinski definition) is 2. The molecular formula is C20H15ClFN3O3. The number of nitrogens with zero attached hydrogens (tertiary/aromatic N) is 1. The Morgan fingerprint density at radius 1 is 1.00 bits per heavy atom. The van der Waals surface area contributed by atoms with E-state index in [1.165, 1.54) is 37.7 Å². The van der Waals surface area contributed by atoms with Gasteiger partial charge in [-0.05, 0) is 42.5 Å². The van der Waals surface area contributed by atoms with Crippen LogP contribution in [0, 0.1) is 5.82 Å². The van der Waals surface area contributed by atoms with E-state index in [1.807, 2.05) is 0 Å². The average molecular weight is 400 g/mol. The predicted octanol–water partition coefficient (Wildman–Crippen LogP) is 4.66. The van der Waals surface area contributed by atoms with Gasteiger partial charge >= 0.3 is 5.97 Å². The summed E-state index contributed by atoms with van der Waals surface area (Å²) in [5.74, 6) is -1.45. The molecular weight excluding hydrogens is 385 g/mol. The van der Waals surface area contributed by atoms with Gasteiger partial charge in [-0.1, -0.05) is 17.7 Å². The molecule has 0 atom stereocenters. The number of esters is 1. The number of pyridine rings is 1. The van der Waals surface area contributed by atoms with Crippen LogP contribution in [-0.4, -0.2) is 24.0 Å². The second-order valence-electron chi connectivity index (χ2n) is 5.74. The van der Waals surface area contributed by atoms with Gasteiger partial charge in [0.2, 0.25) is 0 Å². The fourth-order valence-electron chi connectivity index (χ4n) is 2.42. The molecule has 142 valence electrons. The SMILES string of the molecule is COC(=O)c1cccc(Nc2cncc(C(=O)Nc3ccc(F)c(Cl)c3)c2)c1. The molecule has 28 heavy (non-hydrogen) atoms. The van der Waals surface area contributed by atoms with Crippen molar-refractivity contribution >= 4 is 40.5 Å². The highest BCUT2D eigenvalue weighted by atomic mass is 35.5. The number of hydrogen-bond acceptors (Lipinski definition) is 5. The zero-order valence-electron chi connectivity index (χ0n) is 14.7. The van der Waals surface area contributed by atoms with Crippen LogP contribution in [0.4, 0.5) is 21.5 Å². The maximum Gasteiger partial charge on any atom is 0.337 e. The lowest BCUT2D eigenvalue weighted by atomic mass is 10.2. The Morgan fingerprint density at radius 3 is 2.54 bits per heavy atom. The van der Waals surface area contributed by atoms with Gasteiger partial charge in [0.15, 0.2) is 0 Å². The molecule has 0 saturated heterocycles. The number of carbonyl (C=O) groups excluding carboxylic acids is 2. The molecule has 1 heterocycles. The minimum atomic E-state index is -0.568. The molecule has 0 unspecified atom stereocenters. The molecule has 0 aliphatic heterocycles. The number of carbonyl (C=O) groups is 2. The van der Waals surface area contributed by atoms with E-state index in [2.05, 4.69) is 15.6 Å². The molecule has 0 fully saturated rings. The van der Waals surface area contributed by atoms with Crippen molar-refractivity contribution < 1.29 is 18.7 Å². The monoisotopic (exact) mass is 399 g/mol. The van der Waals surface area contributed by atoms with E-state index >= 15 is 0 Å². The first-order valence-electron chi connectivity index (χ1n) is 8.13. The van der Waals surface area contributed by atoms with Crippen molar-refractivity contribution in [3.63, 3.8) is 0 Å². The summed E-state index contributed by atoms with van der Waals surface area (Å²) in [6.45, 7) is 0. The summed E-state index contributed by atoms with van der Waals surface area (Å²) >= 11 is 5.72. The van der Waals surface area contributed by atoms with Gasteiger partial charge in [0.05, 0.1) is 35.1 Å². The summed E-state index contributed by atoms with van der Waals surface area (Å²) in [5, 5.41) is 5.62. The summed E-state index contributed by atoms with van der Waals surface area (Å²) in [7, 11) is 1.31. The fraction of sp³-hybridized carbons (Fsp3) is 0.0500. The van der Waals surface area contributed by atoms with Crippen molar-refractivity contribution in [2.45, 2.75) is 0 Å². The molecule has 0 spiro atoms. The molecule has 0 aliphatic carbocycles. The van der Waals surface area contributed by atoms with Crippen LogP contribution in [0.2, 0.25) is 5.02 Å². The third kappa shape index (κ3) is 4.63. The van der Waals surface area contributed by atoms with Crippen molar-refractivity contribution in [1.29, 1.82) is 0 Å². The Morgan fingerprint density at radius 2 is 1.79 bits per heavy atom. The molecule has 0 aliphatic rings. The summed E-state index contributed by atoms with van der Waals surface area (Å²) in [5.41, 5.74) is 2.22. The molecule has 2 N–H and O–H groups in total. The van der Waals surface area contributed by atoms with Gasteiger partial charge in [-0.15, -0.1) is 0 Å². The quantitative estimate of drug-likeness (QED) is 0.610. The number of rotatable bonds is 5. The lowest BCUT2D eigenvalue weighted by molar-refractivity contribution is 0.0600. The topological polar surface area (TPSA) is 80.3 Å². The van der Waals surface area contributed by atoms with Crippen molar-refractivity contribution in [3.05, 3.63) is 82.9 Å². The highest BCUT2D eigenvalue weighted by Crippen LogP contribution is 2.21. The number of nitrogens with one attached hydrogen (secondary N) is 2. The van der Waals surface area contributed by atoms with Crippen molar-refractivity contribution in [2.24, 2.45) is 0 Å². The van der Waals surface area contributed by atoms with Crippen LogP contribution in [0.15, 0.2) is 60.9 Å². The second kappa shape index (κ2) is 8.49. The molecule has 6 nitrogen and oxygen atoms in total. The predicted molar refractivity (Wildman–Crippen MR) is 105 cm³/mol. The number of amides is 1. The van der Waals surface area contributed by atoms with E-state index < -0.39 is 17.7 Å². The summed E-state index contributed by atoms with van der Waals surface area (Å²) in [4.78, 5) is 28.1. The number of methoxy groups -OCH3 is 1. The van der Waals surface area contributed by atoms with Gasteiger partial charge in [-0.25, -0.2) is 9.18 Å². The Balaban J connectivity index is 1.75. The van der Waals surface area contributed by atoms with Crippen LogP contribution in [0.5, 0.6) is 0 Å². The minimum Gasteiger partial charge on any atom is -0.465 e. The second-order valence-corrected chi connectivity index (χ2v) is 6.15. The zero-order chi connectivity index (χ0) is 20.1. The number of halogens is 2. The summed E-state index contributed by atoms with van der Waals surface area (Å²) in [6.07, 6.45) is 2.94. The third-order valence-electron chi connectivity index (χ3n) is 3.75. The van der Waals surface area contributed by atoms with Crippen LogP contribution in [-0.2, 0) is 4.74 Å². The van der Waals surface area contributed by atoms with Crippen LogP contribution in [0.1, 0.15) is 20.7 Å². The van der Waals surface area contributed by atoms with E-state index in [0.29, 0.717) is 22.6 Å². The number of anilines is 3. The summed E-state index contributed by atoms with van der Waals surface area (Å²) in [6, 6.07) is 12.2. The normalized spacial score (nSPS) is 10.2. The van der Waals surface area contributed by atoms with Gasteiger partial charge in [0, 0.05) is 17.6 Å². The highest BCUT2D eigenvalue weighted by molar-refractivity contribution is 6.31. The first kappa shape index (κ1) is 19.3. The van der Waals surface area contributed by atoms with Gasteiger partial charge in [-0.3, -0.25) is 9.78 Å². The Labute approximate surface area is 165 Å². The molecule has 0 bridgehead atoms. The first-order chi connectivity index (χ1) is 13.5. The number of benzene rings is 2. The maximum atomic E-state index is 13.2. The number of ether oxygens (including phenoxy) is 1. The van der Waals surface area contributed by atoms with Crippen LogP contribution < -0.4 is 10.6 Å². The molecule has 3 rings (SSSR count). The smallest absolute Gasteiger partial charge is 0.337 e. The van der Waals surface area contributed by atoms with E-state index in [4.69, 9.17) is 16.3 Å². The highest BCUT2D eigenvalue weighted by Gasteiger charge is 2.10. The average Bonchev–Trinajstić information content (AvgIpc) is 2.70. The third-order valence-corrected chi connectivity index (χ3v) is 4.04. The largest absolute Gasteiger partial charge is 0.465 e.